The number of aromatic nitrogens is 3. The van der Waals surface area contributed by atoms with Gasteiger partial charge in [-0.1, -0.05) is 35.0 Å². The molecule has 1 aliphatic heterocycles. The van der Waals surface area contributed by atoms with Gasteiger partial charge < -0.3 is 19.5 Å². The molecular formula is C18H18ClN5O2. The third-order valence-corrected chi connectivity index (χ3v) is 4.35. The molecule has 7 nitrogen and oxygen atoms in total. The summed E-state index contributed by atoms with van der Waals surface area (Å²) in [6, 6.07) is 11.7. The minimum Gasteiger partial charge on any atom is -0.378 e. The van der Waals surface area contributed by atoms with Crippen LogP contribution in [0.5, 0.6) is 0 Å². The number of nitrogens with zero attached hydrogens (tertiary/aromatic N) is 4. The predicted octanol–water partition coefficient (Wildman–Crippen LogP) is 3.23. The van der Waals surface area contributed by atoms with Gasteiger partial charge in [0.1, 0.15) is 5.82 Å². The second-order valence-corrected chi connectivity index (χ2v) is 6.31. The van der Waals surface area contributed by atoms with E-state index in [9.17, 15) is 0 Å². The van der Waals surface area contributed by atoms with Crippen LogP contribution in [0.15, 0.2) is 47.1 Å². The first-order chi connectivity index (χ1) is 12.8. The molecule has 0 amide bonds. The van der Waals surface area contributed by atoms with Crippen LogP contribution < -0.4 is 10.2 Å². The Morgan fingerprint density at radius 1 is 1.15 bits per heavy atom. The van der Waals surface area contributed by atoms with E-state index >= 15 is 0 Å². The first kappa shape index (κ1) is 16.8. The van der Waals surface area contributed by atoms with E-state index in [1.807, 2.05) is 24.3 Å². The van der Waals surface area contributed by atoms with Gasteiger partial charge in [-0.15, -0.1) is 0 Å². The summed E-state index contributed by atoms with van der Waals surface area (Å²) in [6.45, 7) is 3.65. The average molecular weight is 372 g/mol. The maximum Gasteiger partial charge on any atom is 0.322 e. The van der Waals surface area contributed by atoms with Gasteiger partial charge in [0.05, 0.1) is 13.2 Å². The maximum atomic E-state index is 6.01. The number of hydrogen-bond donors (Lipinski definition) is 1. The van der Waals surface area contributed by atoms with Crippen LogP contribution in [0.3, 0.4) is 0 Å². The number of hydrogen-bond acceptors (Lipinski definition) is 7. The zero-order chi connectivity index (χ0) is 17.8. The van der Waals surface area contributed by atoms with Gasteiger partial charge in [-0.05, 0) is 18.2 Å². The molecule has 1 aromatic carbocycles. The van der Waals surface area contributed by atoms with Gasteiger partial charge >= 0.3 is 6.01 Å². The Hall–Kier alpha value is -2.64. The number of rotatable bonds is 5. The summed E-state index contributed by atoms with van der Waals surface area (Å²) >= 11 is 6.01. The number of halogens is 1. The van der Waals surface area contributed by atoms with Crippen LogP contribution >= 0.6 is 11.6 Å². The Labute approximate surface area is 155 Å². The van der Waals surface area contributed by atoms with Gasteiger partial charge in [-0.3, -0.25) is 0 Å². The topological polar surface area (TPSA) is 76.3 Å². The predicted molar refractivity (Wildman–Crippen MR) is 99.3 cm³/mol. The van der Waals surface area contributed by atoms with Crippen LogP contribution in [0.2, 0.25) is 5.02 Å². The van der Waals surface area contributed by atoms with Gasteiger partial charge in [0.25, 0.3) is 0 Å². The van der Waals surface area contributed by atoms with E-state index in [1.165, 1.54) is 0 Å². The van der Waals surface area contributed by atoms with Gasteiger partial charge in [-0.25, -0.2) is 4.98 Å². The molecule has 0 atom stereocenters. The lowest BCUT2D eigenvalue weighted by molar-refractivity contribution is 0.122. The van der Waals surface area contributed by atoms with Crippen molar-refractivity contribution in [2.75, 3.05) is 36.5 Å². The summed E-state index contributed by atoms with van der Waals surface area (Å²) in [6.07, 6.45) is 1.80. The molecule has 0 spiro atoms. The van der Waals surface area contributed by atoms with Crippen LogP contribution in [0, 0.1) is 0 Å². The molecule has 0 unspecified atom stereocenters. The molecule has 3 aromatic rings. The highest BCUT2D eigenvalue weighted by Crippen LogP contribution is 2.23. The summed E-state index contributed by atoms with van der Waals surface area (Å²) < 4.78 is 10.7. The summed E-state index contributed by atoms with van der Waals surface area (Å²) in [5.41, 5.74) is 1.88. The highest BCUT2D eigenvalue weighted by molar-refractivity contribution is 6.30. The van der Waals surface area contributed by atoms with E-state index in [0.717, 1.165) is 43.2 Å². The molecule has 0 bridgehead atoms. The second-order valence-electron chi connectivity index (χ2n) is 5.87. The Balaban J connectivity index is 1.47. The SMILES string of the molecule is Clc1cccc(-c2noc(NCc3cccnc3N3CCOCC3)n2)c1. The fraction of sp³-hybridized carbons (Fsp3) is 0.278. The van der Waals surface area contributed by atoms with Crippen molar-refractivity contribution < 1.29 is 9.26 Å². The van der Waals surface area contributed by atoms with E-state index in [2.05, 4.69) is 25.3 Å². The van der Waals surface area contributed by atoms with E-state index in [-0.39, 0.29) is 0 Å². The molecule has 4 rings (SSSR count). The van der Waals surface area contributed by atoms with Crippen molar-refractivity contribution in [1.82, 2.24) is 15.1 Å². The number of benzene rings is 1. The molecule has 134 valence electrons. The van der Waals surface area contributed by atoms with Crippen LogP contribution in [0.1, 0.15) is 5.56 Å². The Kier molecular flexibility index (Phi) is 4.99. The van der Waals surface area contributed by atoms with Gasteiger partial charge in [0.2, 0.25) is 5.82 Å². The third kappa shape index (κ3) is 3.79. The second kappa shape index (κ2) is 7.72. The molecule has 1 aliphatic rings. The Bertz CT molecular complexity index is 879. The normalized spacial score (nSPS) is 14.4. The highest BCUT2D eigenvalue weighted by atomic mass is 35.5. The van der Waals surface area contributed by atoms with Crippen molar-refractivity contribution in [3.63, 3.8) is 0 Å². The van der Waals surface area contributed by atoms with Crippen molar-refractivity contribution >= 4 is 23.4 Å². The van der Waals surface area contributed by atoms with Crippen molar-refractivity contribution in [3.8, 4) is 11.4 Å². The van der Waals surface area contributed by atoms with Gasteiger partial charge in [0.15, 0.2) is 0 Å². The lowest BCUT2D eigenvalue weighted by Crippen LogP contribution is -2.37. The molecule has 8 heteroatoms. The number of pyridine rings is 1. The van der Waals surface area contributed by atoms with Crippen LogP contribution in [-0.4, -0.2) is 41.4 Å². The molecule has 26 heavy (non-hydrogen) atoms. The number of morpholine rings is 1. The van der Waals surface area contributed by atoms with E-state index < -0.39 is 0 Å². The van der Waals surface area contributed by atoms with E-state index in [1.54, 1.807) is 18.3 Å². The summed E-state index contributed by atoms with van der Waals surface area (Å²) in [4.78, 5) is 11.1. The van der Waals surface area contributed by atoms with Gasteiger partial charge in [-0.2, -0.15) is 4.98 Å². The van der Waals surface area contributed by atoms with Crippen LogP contribution in [0.25, 0.3) is 11.4 Å². The molecule has 1 saturated heterocycles. The summed E-state index contributed by atoms with van der Waals surface area (Å²) in [5.74, 6) is 1.45. The fourth-order valence-corrected chi connectivity index (χ4v) is 3.03. The largest absolute Gasteiger partial charge is 0.378 e. The number of ether oxygens (including phenoxy) is 1. The maximum absolute atomic E-state index is 6.01. The van der Waals surface area contributed by atoms with E-state index in [4.69, 9.17) is 20.9 Å². The monoisotopic (exact) mass is 371 g/mol. The first-order valence-corrected chi connectivity index (χ1v) is 8.77. The molecule has 0 radical (unpaired) electrons. The highest BCUT2D eigenvalue weighted by Gasteiger charge is 2.16. The van der Waals surface area contributed by atoms with Crippen LogP contribution in [-0.2, 0) is 11.3 Å². The Morgan fingerprint density at radius 2 is 2.04 bits per heavy atom. The van der Waals surface area contributed by atoms with E-state index in [0.29, 0.717) is 23.4 Å². The first-order valence-electron chi connectivity index (χ1n) is 8.40. The lowest BCUT2D eigenvalue weighted by Gasteiger charge is -2.29. The quantitative estimate of drug-likeness (QED) is 0.737. The third-order valence-electron chi connectivity index (χ3n) is 4.12. The lowest BCUT2D eigenvalue weighted by atomic mass is 10.2. The van der Waals surface area contributed by atoms with Crippen molar-refractivity contribution in [2.24, 2.45) is 0 Å². The van der Waals surface area contributed by atoms with Gasteiger partial charge in [0, 0.05) is 42.0 Å². The van der Waals surface area contributed by atoms with Crippen molar-refractivity contribution in [2.45, 2.75) is 6.54 Å². The molecule has 1 fully saturated rings. The number of anilines is 2. The Morgan fingerprint density at radius 3 is 2.88 bits per heavy atom. The average Bonchev–Trinajstić information content (AvgIpc) is 3.16. The molecule has 3 heterocycles. The zero-order valence-corrected chi connectivity index (χ0v) is 14.8. The minimum absolute atomic E-state index is 0.358. The minimum atomic E-state index is 0.358. The molecule has 0 aliphatic carbocycles. The summed E-state index contributed by atoms with van der Waals surface area (Å²) in [7, 11) is 0. The molecule has 1 N–H and O–H groups in total. The molecular weight excluding hydrogens is 354 g/mol. The molecule has 2 aromatic heterocycles. The van der Waals surface area contributed by atoms with Crippen molar-refractivity contribution in [1.29, 1.82) is 0 Å². The smallest absolute Gasteiger partial charge is 0.322 e. The van der Waals surface area contributed by atoms with Crippen LogP contribution in [0.4, 0.5) is 11.8 Å². The molecule has 0 saturated carbocycles. The number of nitrogens with one attached hydrogen (secondary N) is 1. The fourth-order valence-electron chi connectivity index (χ4n) is 2.84. The standard InChI is InChI=1S/C18H18ClN5O2/c19-15-5-1-3-13(11-15)16-22-18(26-23-16)21-12-14-4-2-6-20-17(14)24-7-9-25-10-8-24/h1-6,11H,7-10,12H2,(H,21,22,23). The summed E-state index contributed by atoms with van der Waals surface area (Å²) in [5, 5.41) is 7.81. The zero-order valence-electron chi connectivity index (χ0n) is 14.1. The van der Waals surface area contributed by atoms with Crippen molar-refractivity contribution in [3.05, 3.63) is 53.2 Å².